The van der Waals surface area contributed by atoms with Crippen molar-refractivity contribution in [3.8, 4) is 10.6 Å². The molecule has 0 saturated carbocycles. The molecule has 1 atom stereocenters. The van der Waals surface area contributed by atoms with Crippen LogP contribution >= 0.6 is 10.5 Å². The molecule has 5 aromatic rings. The highest BCUT2D eigenvalue weighted by molar-refractivity contribution is 7.50. The summed E-state index contributed by atoms with van der Waals surface area (Å²) in [5.41, 5.74) is 0.709. The van der Waals surface area contributed by atoms with Gasteiger partial charge in [-0.15, -0.1) is 0 Å². The van der Waals surface area contributed by atoms with E-state index in [-0.39, 0.29) is 23.0 Å². The Kier molecular flexibility index (Phi) is 6.68. The minimum absolute atomic E-state index is 0.177. The third kappa shape index (κ3) is 4.93. The van der Waals surface area contributed by atoms with E-state index < -0.39 is 11.6 Å². The lowest BCUT2D eigenvalue weighted by Crippen LogP contribution is -2.28. The SMILES string of the molecule is COC(=O)c1ccc2c(c1)c1ccccc1[s+]2-c1ccc(OCC(=O)OC(C)(C)c2ccccc2)cc1. The quantitative estimate of drug-likeness (QED) is 0.169. The molecule has 0 aliphatic rings. The Morgan fingerprint density at radius 1 is 0.784 bits per heavy atom. The van der Waals surface area contributed by atoms with Crippen molar-refractivity contribution >= 4 is 42.6 Å². The van der Waals surface area contributed by atoms with E-state index in [1.165, 1.54) is 11.8 Å². The van der Waals surface area contributed by atoms with Crippen molar-refractivity contribution in [3.05, 3.63) is 108 Å². The van der Waals surface area contributed by atoms with Crippen LogP contribution in [0.1, 0.15) is 29.8 Å². The van der Waals surface area contributed by atoms with Crippen LogP contribution in [0.4, 0.5) is 0 Å². The monoisotopic (exact) mass is 511 g/mol. The second kappa shape index (κ2) is 10.1. The van der Waals surface area contributed by atoms with Crippen LogP contribution in [0.3, 0.4) is 0 Å². The highest BCUT2D eigenvalue weighted by atomic mass is 32.2. The first-order valence-electron chi connectivity index (χ1n) is 11.9. The van der Waals surface area contributed by atoms with Crippen LogP contribution in [0, 0.1) is 0 Å². The summed E-state index contributed by atoms with van der Waals surface area (Å²) in [5.74, 6) is -0.185. The molecule has 0 saturated heterocycles. The lowest BCUT2D eigenvalue weighted by molar-refractivity contribution is -0.159. The van der Waals surface area contributed by atoms with Gasteiger partial charge in [0.1, 0.15) is 11.4 Å². The van der Waals surface area contributed by atoms with Crippen LogP contribution in [0.25, 0.3) is 25.1 Å². The summed E-state index contributed by atoms with van der Waals surface area (Å²) in [5, 5.41) is 2.17. The van der Waals surface area contributed by atoms with Gasteiger partial charge in [-0.1, -0.05) is 42.5 Å². The van der Waals surface area contributed by atoms with Gasteiger partial charge in [-0.3, -0.25) is 0 Å². The number of thiophene rings is 1. The van der Waals surface area contributed by atoms with Crippen molar-refractivity contribution in [2.24, 2.45) is 0 Å². The summed E-state index contributed by atoms with van der Waals surface area (Å²) in [6, 6.07) is 31.4. The topological polar surface area (TPSA) is 61.8 Å². The van der Waals surface area contributed by atoms with Crippen LogP contribution in [0.15, 0.2) is 97.1 Å². The lowest BCUT2D eigenvalue weighted by atomic mass is 9.98. The van der Waals surface area contributed by atoms with Gasteiger partial charge in [0, 0.05) is 33.4 Å². The molecule has 0 N–H and O–H groups in total. The standard InChI is InChI=1S/C31H27O5S/c1-31(2,22-9-5-4-6-10-22)36-29(32)20-35-23-14-16-24(17-15-23)37-27-12-8-7-11-25(27)26-19-21(30(33)34-3)13-18-28(26)37/h4-19H,20H2,1-3H3/q+1. The summed E-state index contributed by atoms with van der Waals surface area (Å²) in [4.78, 5) is 25.7. The molecular formula is C31H27O5S+. The molecule has 1 unspecified atom stereocenters. The largest absolute Gasteiger partial charge is 0.482 e. The molecule has 5 nitrogen and oxygen atoms in total. The van der Waals surface area contributed by atoms with E-state index in [0.717, 1.165) is 25.9 Å². The molecule has 0 radical (unpaired) electrons. The number of hydrogen-bond donors (Lipinski definition) is 0. The number of methoxy groups -OCH3 is 1. The van der Waals surface area contributed by atoms with E-state index in [2.05, 4.69) is 12.1 Å². The first-order valence-corrected chi connectivity index (χ1v) is 13.2. The normalized spacial score (nSPS) is 11.9. The van der Waals surface area contributed by atoms with Crippen LogP contribution in [0.2, 0.25) is 0 Å². The third-order valence-corrected chi connectivity index (χ3v) is 8.61. The van der Waals surface area contributed by atoms with E-state index in [9.17, 15) is 9.59 Å². The Hall–Kier alpha value is -4.16. The molecule has 186 valence electrons. The van der Waals surface area contributed by atoms with Crippen LogP contribution in [-0.2, 0) is 19.9 Å². The molecular weight excluding hydrogens is 484 g/mol. The number of fused-ring (bicyclic) bond motifs is 3. The molecule has 5 rings (SSSR count). The van der Waals surface area contributed by atoms with Crippen LogP contribution in [-0.4, -0.2) is 25.7 Å². The number of ether oxygens (including phenoxy) is 3. The van der Waals surface area contributed by atoms with Crippen molar-refractivity contribution in [1.29, 1.82) is 0 Å². The zero-order chi connectivity index (χ0) is 26.0. The highest BCUT2D eigenvalue weighted by Gasteiger charge is 2.26. The summed E-state index contributed by atoms with van der Waals surface area (Å²) in [6.45, 7) is 3.55. The van der Waals surface area contributed by atoms with Crippen molar-refractivity contribution in [3.63, 3.8) is 0 Å². The molecule has 0 aliphatic heterocycles. The maximum absolute atomic E-state index is 12.5. The molecule has 1 aromatic heterocycles. The van der Waals surface area contributed by atoms with Crippen molar-refractivity contribution < 1.29 is 23.8 Å². The van der Waals surface area contributed by atoms with Crippen molar-refractivity contribution in [1.82, 2.24) is 0 Å². The zero-order valence-electron chi connectivity index (χ0n) is 20.9. The second-order valence-corrected chi connectivity index (χ2v) is 11.1. The molecule has 0 bridgehead atoms. The van der Waals surface area contributed by atoms with E-state index >= 15 is 0 Å². The van der Waals surface area contributed by atoms with E-state index in [1.807, 2.05) is 98.8 Å². The fourth-order valence-electron chi connectivity index (χ4n) is 4.43. The number of esters is 2. The highest BCUT2D eigenvalue weighted by Crippen LogP contribution is 2.48. The Balaban J connectivity index is 1.36. The predicted octanol–water partition coefficient (Wildman–Crippen LogP) is 7.38. The van der Waals surface area contributed by atoms with Gasteiger partial charge in [0.2, 0.25) is 0 Å². The number of hydrogen-bond acceptors (Lipinski definition) is 5. The average molecular weight is 512 g/mol. The van der Waals surface area contributed by atoms with Crippen molar-refractivity contribution in [2.45, 2.75) is 19.4 Å². The van der Waals surface area contributed by atoms with Crippen LogP contribution < -0.4 is 4.74 Å². The lowest BCUT2D eigenvalue weighted by Gasteiger charge is -2.25. The first-order chi connectivity index (χ1) is 17.9. The maximum atomic E-state index is 12.5. The summed E-state index contributed by atoms with van der Waals surface area (Å²) in [6.07, 6.45) is 0. The van der Waals surface area contributed by atoms with Crippen LogP contribution in [0.5, 0.6) is 5.75 Å². The smallest absolute Gasteiger partial charge is 0.345 e. The summed E-state index contributed by atoms with van der Waals surface area (Å²) < 4.78 is 18.7. The minimum atomic E-state index is -0.746. The van der Waals surface area contributed by atoms with Crippen molar-refractivity contribution in [2.75, 3.05) is 13.7 Å². The summed E-state index contributed by atoms with van der Waals surface area (Å²) >= 11 is 0. The Bertz CT molecular complexity index is 1580. The summed E-state index contributed by atoms with van der Waals surface area (Å²) in [7, 11) is 1.07. The molecule has 1 heterocycles. The zero-order valence-corrected chi connectivity index (χ0v) is 21.7. The van der Waals surface area contributed by atoms with Gasteiger partial charge >= 0.3 is 11.9 Å². The number of rotatable bonds is 7. The number of carbonyl (C=O) groups excluding carboxylic acids is 2. The molecule has 0 fully saturated rings. The number of benzene rings is 4. The van der Waals surface area contributed by atoms with E-state index in [1.54, 1.807) is 0 Å². The molecule has 4 aromatic carbocycles. The van der Waals surface area contributed by atoms with Gasteiger partial charge < -0.3 is 14.2 Å². The first kappa shape index (κ1) is 24.5. The van der Waals surface area contributed by atoms with Gasteiger partial charge in [0.25, 0.3) is 0 Å². The van der Waals surface area contributed by atoms with E-state index in [0.29, 0.717) is 11.3 Å². The van der Waals surface area contributed by atoms with Gasteiger partial charge in [0.15, 0.2) is 20.9 Å². The van der Waals surface area contributed by atoms with Gasteiger partial charge in [-0.05, 0) is 61.9 Å². The molecule has 0 spiro atoms. The fourth-order valence-corrected chi connectivity index (χ4v) is 6.79. The molecule has 37 heavy (non-hydrogen) atoms. The Morgan fingerprint density at radius 3 is 2.19 bits per heavy atom. The maximum Gasteiger partial charge on any atom is 0.345 e. The van der Waals surface area contributed by atoms with Gasteiger partial charge in [-0.25, -0.2) is 9.59 Å². The number of carbonyl (C=O) groups is 2. The average Bonchev–Trinajstić information content (AvgIpc) is 3.26. The minimum Gasteiger partial charge on any atom is -0.482 e. The Morgan fingerprint density at radius 2 is 1.46 bits per heavy atom. The predicted molar refractivity (Wildman–Crippen MR) is 148 cm³/mol. The van der Waals surface area contributed by atoms with Gasteiger partial charge in [0.05, 0.1) is 12.7 Å². The van der Waals surface area contributed by atoms with Gasteiger partial charge in [-0.2, -0.15) is 0 Å². The molecule has 0 aliphatic carbocycles. The van der Waals surface area contributed by atoms with E-state index in [4.69, 9.17) is 14.2 Å². The second-order valence-electron chi connectivity index (χ2n) is 9.12. The molecule has 0 amide bonds. The third-order valence-electron chi connectivity index (χ3n) is 6.27. The molecule has 6 heteroatoms. The Labute approximate surface area is 218 Å². The fraction of sp³-hybridized carbons (Fsp3) is 0.161.